The van der Waals surface area contributed by atoms with E-state index >= 15 is 0 Å². The molecule has 0 unspecified atom stereocenters. The van der Waals surface area contributed by atoms with Gasteiger partial charge in [0.05, 0.1) is 40.9 Å². The van der Waals surface area contributed by atoms with Gasteiger partial charge in [-0.25, -0.2) is 0 Å². The van der Waals surface area contributed by atoms with Gasteiger partial charge in [0, 0.05) is 34.1 Å². The minimum atomic E-state index is 1.10. The van der Waals surface area contributed by atoms with Gasteiger partial charge in [-0.15, -0.1) is 34.0 Å². The zero-order valence-electron chi connectivity index (χ0n) is 42.7. The minimum absolute atomic E-state index is 1.10. The average molecular weight is 1070 g/mol. The van der Waals surface area contributed by atoms with Crippen LogP contribution in [0.3, 0.4) is 0 Å². The maximum absolute atomic E-state index is 2.53. The molecule has 15 rings (SSSR count). The Kier molecular flexibility index (Phi) is 11.7. The lowest BCUT2D eigenvalue weighted by molar-refractivity contribution is 1.15. The largest absolute Gasteiger partial charge is 0.305 e. The van der Waals surface area contributed by atoms with E-state index in [1.165, 1.54) is 85.4 Å². The van der Waals surface area contributed by atoms with E-state index in [4.69, 9.17) is 0 Å². The molecular formula is C72H48N4S3. The SMILES string of the molecule is c1ccc(-c2ccc(N(c3ccc(-c4ccccc4)cc3)c3cc4c(s3)c3sc5c6sc(N(c7ccc(-c8ccccc8)cc7)c7ccc(-c8ccccc8)cc7)cc6n(-c6ccccc6)c5c3n4-c3ccccc3)cc2)cc1. The third-order valence-corrected chi connectivity index (χ3v) is 18.7. The molecule has 4 nitrogen and oxygen atoms in total. The summed E-state index contributed by atoms with van der Waals surface area (Å²) in [6, 6.07) is 105. The van der Waals surface area contributed by atoms with Crippen molar-refractivity contribution in [2.75, 3.05) is 9.80 Å². The van der Waals surface area contributed by atoms with Crippen LogP contribution in [0.1, 0.15) is 0 Å². The number of thiophene rings is 3. The van der Waals surface area contributed by atoms with Gasteiger partial charge in [0.25, 0.3) is 0 Å². The van der Waals surface area contributed by atoms with Gasteiger partial charge in [0.15, 0.2) is 0 Å². The van der Waals surface area contributed by atoms with E-state index in [9.17, 15) is 0 Å². The number of nitrogens with zero attached hydrogens (tertiary/aromatic N) is 4. The van der Waals surface area contributed by atoms with Crippen molar-refractivity contribution in [2.24, 2.45) is 0 Å². The third-order valence-electron chi connectivity index (χ3n) is 15.0. The molecule has 79 heavy (non-hydrogen) atoms. The topological polar surface area (TPSA) is 16.3 Å². The van der Waals surface area contributed by atoms with Crippen LogP contribution in [0.25, 0.3) is 96.7 Å². The Labute approximate surface area is 470 Å². The van der Waals surface area contributed by atoms with Crippen LogP contribution in [0.2, 0.25) is 0 Å². The summed E-state index contributed by atoms with van der Waals surface area (Å²) in [6.07, 6.45) is 0. The van der Waals surface area contributed by atoms with E-state index in [-0.39, 0.29) is 0 Å². The Hall–Kier alpha value is -9.50. The maximum Gasteiger partial charge on any atom is 0.103 e. The highest BCUT2D eigenvalue weighted by Crippen LogP contribution is 2.55. The first-order valence-electron chi connectivity index (χ1n) is 26.6. The molecule has 0 atom stereocenters. The van der Waals surface area contributed by atoms with Crippen LogP contribution in [-0.4, -0.2) is 9.13 Å². The molecule has 5 heterocycles. The number of aromatic nitrogens is 2. The second-order valence-corrected chi connectivity index (χ2v) is 22.8. The molecule has 5 aromatic heterocycles. The van der Waals surface area contributed by atoms with E-state index in [0.29, 0.717) is 0 Å². The molecule has 0 spiro atoms. The van der Waals surface area contributed by atoms with Crippen molar-refractivity contribution < 1.29 is 0 Å². The molecule has 0 bridgehead atoms. The van der Waals surface area contributed by atoms with Gasteiger partial charge in [-0.3, -0.25) is 0 Å². The molecule has 0 saturated heterocycles. The molecule has 7 heteroatoms. The summed E-state index contributed by atoms with van der Waals surface area (Å²) in [5, 5.41) is 2.30. The summed E-state index contributed by atoms with van der Waals surface area (Å²) in [5.74, 6) is 0. The van der Waals surface area contributed by atoms with Crippen molar-refractivity contribution in [2.45, 2.75) is 0 Å². The number of para-hydroxylation sites is 2. The van der Waals surface area contributed by atoms with Crippen molar-refractivity contribution in [1.29, 1.82) is 0 Å². The standard InChI is InChI=1S/C72H48N4S3/c1-7-19-49(20-8-1)53-31-39-59(40-32-53)73(60-41-33-54(34-42-60)50-21-9-2-10-22-50)65-47-63-69(77-65)71-67(75(63)57-27-15-5-16-28-57)68-72(79-71)70-64(76(68)58-29-17-6-18-30-58)48-66(78-70)74(61-43-35-55(36-44-61)51-23-11-3-12-24-51)62-45-37-56(38-46-62)52-25-13-4-14-26-52/h1-48H. The number of hydrogen-bond donors (Lipinski definition) is 0. The highest BCUT2D eigenvalue weighted by molar-refractivity contribution is 7.35. The van der Waals surface area contributed by atoms with E-state index in [2.05, 4.69) is 310 Å². The van der Waals surface area contributed by atoms with Crippen LogP contribution < -0.4 is 9.80 Å². The lowest BCUT2D eigenvalue weighted by Gasteiger charge is -2.24. The first kappa shape index (κ1) is 46.8. The van der Waals surface area contributed by atoms with Gasteiger partial charge in [-0.2, -0.15) is 0 Å². The van der Waals surface area contributed by atoms with Crippen LogP contribution in [0.15, 0.2) is 291 Å². The molecule has 0 aliphatic heterocycles. The van der Waals surface area contributed by atoms with Crippen LogP contribution in [-0.2, 0) is 0 Å². The summed E-state index contributed by atoms with van der Waals surface area (Å²) < 4.78 is 10.2. The molecule has 0 amide bonds. The molecule has 0 radical (unpaired) electrons. The van der Waals surface area contributed by atoms with E-state index in [1.807, 2.05) is 34.0 Å². The summed E-state index contributed by atoms with van der Waals surface area (Å²) >= 11 is 5.67. The van der Waals surface area contributed by atoms with Crippen molar-refractivity contribution in [1.82, 2.24) is 9.13 Å². The van der Waals surface area contributed by atoms with Gasteiger partial charge in [-0.05, 0) is 129 Å². The van der Waals surface area contributed by atoms with E-state index < -0.39 is 0 Å². The monoisotopic (exact) mass is 1060 g/mol. The molecule has 10 aromatic carbocycles. The quantitative estimate of drug-likeness (QED) is 0.121. The summed E-state index contributed by atoms with van der Waals surface area (Å²) in [7, 11) is 0. The first-order valence-corrected chi connectivity index (χ1v) is 29.0. The predicted octanol–water partition coefficient (Wildman–Crippen LogP) is 21.7. The van der Waals surface area contributed by atoms with Gasteiger partial charge in [-0.1, -0.05) is 206 Å². The normalized spacial score (nSPS) is 11.5. The molecule has 0 saturated carbocycles. The number of fused-ring (bicyclic) bond motifs is 7. The van der Waals surface area contributed by atoms with Crippen molar-refractivity contribution in [3.05, 3.63) is 291 Å². The smallest absolute Gasteiger partial charge is 0.103 e. The van der Waals surface area contributed by atoms with E-state index in [1.54, 1.807) is 0 Å². The minimum Gasteiger partial charge on any atom is -0.305 e. The summed E-state index contributed by atoms with van der Waals surface area (Å²) in [5.41, 5.74) is 21.1. The first-order chi connectivity index (χ1) is 39.2. The Morgan fingerprint density at radius 2 is 0.468 bits per heavy atom. The summed E-state index contributed by atoms with van der Waals surface area (Å²) in [4.78, 5) is 4.87. The van der Waals surface area contributed by atoms with Crippen LogP contribution in [0, 0.1) is 0 Å². The number of benzene rings is 10. The fraction of sp³-hybridized carbons (Fsp3) is 0. The van der Waals surface area contributed by atoms with Crippen LogP contribution in [0.4, 0.5) is 32.8 Å². The van der Waals surface area contributed by atoms with Gasteiger partial charge < -0.3 is 18.9 Å². The summed E-state index contributed by atoms with van der Waals surface area (Å²) in [6.45, 7) is 0. The lowest BCUT2D eigenvalue weighted by atomic mass is 10.0. The van der Waals surface area contributed by atoms with Gasteiger partial charge in [0.1, 0.15) is 10.0 Å². The second-order valence-electron chi connectivity index (χ2n) is 19.7. The zero-order chi connectivity index (χ0) is 52.2. The van der Waals surface area contributed by atoms with Crippen LogP contribution >= 0.6 is 34.0 Å². The Balaban J connectivity index is 0.932. The van der Waals surface area contributed by atoms with Crippen LogP contribution in [0.5, 0.6) is 0 Å². The number of rotatable bonds is 12. The molecule has 0 N–H and O–H groups in total. The molecule has 15 aromatic rings. The molecular weight excluding hydrogens is 1020 g/mol. The molecule has 0 aliphatic carbocycles. The Morgan fingerprint density at radius 1 is 0.228 bits per heavy atom. The second kappa shape index (κ2) is 19.8. The highest BCUT2D eigenvalue weighted by atomic mass is 32.1. The maximum atomic E-state index is 2.53. The van der Waals surface area contributed by atoms with Crippen molar-refractivity contribution >= 4 is 108 Å². The van der Waals surface area contributed by atoms with Gasteiger partial charge >= 0.3 is 0 Å². The number of hydrogen-bond acceptors (Lipinski definition) is 5. The lowest BCUT2D eigenvalue weighted by Crippen LogP contribution is -2.08. The fourth-order valence-corrected chi connectivity index (χ4v) is 15.1. The Bertz CT molecular complexity index is 4120. The van der Waals surface area contributed by atoms with E-state index in [0.717, 1.165) is 44.1 Å². The molecule has 374 valence electrons. The fourth-order valence-electron chi connectivity index (χ4n) is 11.2. The van der Waals surface area contributed by atoms with Gasteiger partial charge in [0.2, 0.25) is 0 Å². The number of anilines is 6. The third kappa shape index (κ3) is 8.35. The van der Waals surface area contributed by atoms with Crippen molar-refractivity contribution in [3.63, 3.8) is 0 Å². The highest BCUT2D eigenvalue weighted by Gasteiger charge is 2.29. The van der Waals surface area contributed by atoms with Crippen molar-refractivity contribution in [3.8, 4) is 55.9 Å². The average Bonchev–Trinajstić information content (AvgIpc) is 3.07. The molecule has 0 fully saturated rings. The predicted molar refractivity (Wildman–Crippen MR) is 340 cm³/mol. The molecule has 0 aliphatic rings. The Morgan fingerprint density at radius 3 is 0.734 bits per heavy atom. The zero-order valence-corrected chi connectivity index (χ0v) is 45.2.